The smallest absolute Gasteiger partial charge is 0.263 e. The van der Waals surface area contributed by atoms with Gasteiger partial charge in [0.25, 0.3) is 5.91 Å². The van der Waals surface area contributed by atoms with E-state index in [1.807, 2.05) is 6.92 Å². The molecule has 0 aliphatic heterocycles. The van der Waals surface area contributed by atoms with Crippen LogP contribution in [0.25, 0.3) is 0 Å². The molecule has 1 atom stereocenters. The first kappa shape index (κ1) is 13.1. The fraction of sp³-hybridized carbons (Fsp3) is 0.636. The van der Waals surface area contributed by atoms with Gasteiger partial charge >= 0.3 is 0 Å². The molecule has 90 valence electrons. The highest BCUT2D eigenvalue weighted by atomic mass is 32.1. The van der Waals surface area contributed by atoms with Gasteiger partial charge < -0.3 is 11.1 Å². The number of nitrogens with two attached hydrogens (primary N) is 1. The van der Waals surface area contributed by atoms with E-state index >= 15 is 0 Å². The zero-order valence-corrected chi connectivity index (χ0v) is 10.8. The first-order valence-electron chi connectivity index (χ1n) is 5.45. The Morgan fingerprint density at radius 3 is 2.75 bits per heavy atom. The molecule has 0 saturated carbocycles. The third-order valence-corrected chi connectivity index (χ3v) is 3.25. The number of nitrogens with zero attached hydrogens (tertiary/aromatic N) is 1. The molecule has 0 saturated heterocycles. The fourth-order valence-corrected chi connectivity index (χ4v) is 2.26. The molecule has 0 aliphatic rings. The van der Waals surface area contributed by atoms with Gasteiger partial charge in [0.05, 0.1) is 11.2 Å². The van der Waals surface area contributed by atoms with Crippen LogP contribution in [0.1, 0.15) is 35.6 Å². The molecule has 1 amide bonds. The van der Waals surface area contributed by atoms with Crippen LogP contribution >= 0.6 is 11.3 Å². The third kappa shape index (κ3) is 3.57. The zero-order chi connectivity index (χ0) is 12.1. The SMILES string of the molecule is Cc1ncsc1C(=O)NC(CN)CC(C)C. The molecule has 1 heterocycles. The number of rotatable bonds is 5. The summed E-state index contributed by atoms with van der Waals surface area (Å²) in [6.45, 7) is 6.55. The van der Waals surface area contributed by atoms with E-state index in [4.69, 9.17) is 5.73 Å². The van der Waals surface area contributed by atoms with E-state index in [9.17, 15) is 4.79 Å². The van der Waals surface area contributed by atoms with Gasteiger partial charge in [-0.05, 0) is 19.3 Å². The van der Waals surface area contributed by atoms with Gasteiger partial charge in [-0.2, -0.15) is 0 Å². The number of hydrogen-bond acceptors (Lipinski definition) is 4. The molecule has 5 heteroatoms. The van der Waals surface area contributed by atoms with Crippen LogP contribution in [0.15, 0.2) is 5.51 Å². The van der Waals surface area contributed by atoms with E-state index in [1.165, 1.54) is 11.3 Å². The van der Waals surface area contributed by atoms with Crippen LogP contribution in [0.3, 0.4) is 0 Å². The molecule has 1 rings (SSSR count). The predicted molar refractivity (Wildman–Crippen MR) is 66.6 cm³/mol. The van der Waals surface area contributed by atoms with Crippen LogP contribution < -0.4 is 11.1 Å². The number of carbonyl (C=O) groups excluding carboxylic acids is 1. The maximum atomic E-state index is 11.9. The van der Waals surface area contributed by atoms with Crippen molar-refractivity contribution in [1.29, 1.82) is 0 Å². The molecule has 0 fully saturated rings. The molecule has 1 aromatic heterocycles. The normalized spacial score (nSPS) is 12.8. The van der Waals surface area contributed by atoms with Gasteiger partial charge in [-0.15, -0.1) is 11.3 Å². The second kappa shape index (κ2) is 5.96. The Kier molecular flexibility index (Phi) is 4.89. The lowest BCUT2D eigenvalue weighted by Crippen LogP contribution is -2.41. The summed E-state index contributed by atoms with van der Waals surface area (Å²) in [6.07, 6.45) is 0.903. The number of hydrogen-bond donors (Lipinski definition) is 2. The molecule has 0 spiro atoms. The number of thiazole rings is 1. The summed E-state index contributed by atoms with van der Waals surface area (Å²) >= 11 is 1.37. The quantitative estimate of drug-likeness (QED) is 0.822. The van der Waals surface area contributed by atoms with Crippen LogP contribution in [0, 0.1) is 12.8 Å². The molecule has 0 radical (unpaired) electrons. The summed E-state index contributed by atoms with van der Waals surface area (Å²) < 4.78 is 0. The van der Waals surface area contributed by atoms with E-state index in [-0.39, 0.29) is 11.9 Å². The second-order valence-corrected chi connectivity index (χ2v) is 5.16. The molecule has 16 heavy (non-hydrogen) atoms. The summed E-state index contributed by atoms with van der Waals surface area (Å²) in [5.74, 6) is 0.465. The highest BCUT2D eigenvalue weighted by molar-refractivity contribution is 7.11. The maximum Gasteiger partial charge on any atom is 0.263 e. The molecule has 0 bridgehead atoms. The molecular weight excluding hydrogens is 222 g/mol. The lowest BCUT2D eigenvalue weighted by atomic mass is 10.0. The standard InChI is InChI=1S/C11H19N3OS/c1-7(2)4-9(5-12)14-11(15)10-8(3)13-6-16-10/h6-7,9H,4-5,12H2,1-3H3,(H,14,15). The lowest BCUT2D eigenvalue weighted by molar-refractivity contribution is 0.0937. The Morgan fingerprint density at radius 2 is 2.31 bits per heavy atom. The highest BCUT2D eigenvalue weighted by Gasteiger charge is 2.16. The molecule has 1 unspecified atom stereocenters. The first-order chi connectivity index (χ1) is 7.54. The highest BCUT2D eigenvalue weighted by Crippen LogP contribution is 2.12. The minimum absolute atomic E-state index is 0.0500. The number of aryl methyl sites for hydroxylation is 1. The number of nitrogens with one attached hydrogen (secondary N) is 1. The minimum atomic E-state index is -0.0592. The summed E-state index contributed by atoms with van der Waals surface area (Å²) in [6, 6.07) is 0.0500. The average Bonchev–Trinajstić information content (AvgIpc) is 2.62. The average molecular weight is 241 g/mol. The van der Waals surface area contributed by atoms with Gasteiger partial charge in [0.15, 0.2) is 0 Å². The van der Waals surface area contributed by atoms with E-state index in [2.05, 4.69) is 24.1 Å². The Hall–Kier alpha value is -0.940. The van der Waals surface area contributed by atoms with Gasteiger partial charge in [0.1, 0.15) is 4.88 Å². The monoisotopic (exact) mass is 241 g/mol. The van der Waals surface area contributed by atoms with Crippen molar-refractivity contribution < 1.29 is 4.79 Å². The fourth-order valence-electron chi connectivity index (χ4n) is 1.55. The second-order valence-electron chi connectivity index (χ2n) is 4.30. The van der Waals surface area contributed by atoms with E-state index < -0.39 is 0 Å². The summed E-state index contributed by atoms with van der Waals surface area (Å²) in [4.78, 5) is 16.6. The van der Waals surface area contributed by atoms with Gasteiger partial charge in [-0.1, -0.05) is 13.8 Å². The van der Waals surface area contributed by atoms with Crippen LogP contribution in [-0.2, 0) is 0 Å². The summed E-state index contributed by atoms with van der Waals surface area (Å²) in [5.41, 5.74) is 8.10. The van der Waals surface area contributed by atoms with Crippen LogP contribution in [0.2, 0.25) is 0 Å². The van der Waals surface area contributed by atoms with Gasteiger partial charge in [0.2, 0.25) is 0 Å². The lowest BCUT2D eigenvalue weighted by Gasteiger charge is -2.18. The Balaban J connectivity index is 2.59. The number of amides is 1. The molecular formula is C11H19N3OS. The van der Waals surface area contributed by atoms with Crippen LogP contribution in [0.5, 0.6) is 0 Å². The van der Waals surface area contributed by atoms with Crippen molar-refractivity contribution in [3.05, 3.63) is 16.1 Å². The molecule has 0 aromatic carbocycles. The van der Waals surface area contributed by atoms with E-state index in [0.29, 0.717) is 17.3 Å². The number of aromatic nitrogens is 1. The largest absolute Gasteiger partial charge is 0.347 e. The van der Waals surface area contributed by atoms with Gasteiger partial charge in [-0.3, -0.25) is 4.79 Å². The van der Waals surface area contributed by atoms with Gasteiger partial charge in [0, 0.05) is 12.6 Å². The van der Waals surface area contributed by atoms with Crippen molar-refractivity contribution in [3.63, 3.8) is 0 Å². The minimum Gasteiger partial charge on any atom is -0.347 e. The van der Waals surface area contributed by atoms with Crippen molar-refractivity contribution in [2.45, 2.75) is 33.2 Å². The molecule has 0 aliphatic carbocycles. The Labute approximate surface area is 100 Å². The maximum absolute atomic E-state index is 11.9. The number of carbonyl (C=O) groups is 1. The summed E-state index contributed by atoms with van der Waals surface area (Å²) in [5, 5.41) is 2.95. The molecule has 4 nitrogen and oxygen atoms in total. The van der Waals surface area contributed by atoms with Crippen LogP contribution in [-0.4, -0.2) is 23.5 Å². The van der Waals surface area contributed by atoms with Crippen molar-refractivity contribution in [2.75, 3.05) is 6.54 Å². The van der Waals surface area contributed by atoms with Crippen molar-refractivity contribution >= 4 is 17.2 Å². The topological polar surface area (TPSA) is 68.0 Å². The molecule has 3 N–H and O–H groups in total. The third-order valence-electron chi connectivity index (χ3n) is 2.33. The Morgan fingerprint density at radius 1 is 1.62 bits per heavy atom. The zero-order valence-electron chi connectivity index (χ0n) is 9.99. The van der Waals surface area contributed by atoms with Crippen molar-refractivity contribution in [1.82, 2.24) is 10.3 Å². The van der Waals surface area contributed by atoms with E-state index in [1.54, 1.807) is 5.51 Å². The van der Waals surface area contributed by atoms with Crippen LogP contribution in [0.4, 0.5) is 0 Å². The Bertz CT molecular complexity index is 349. The first-order valence-corrected chi connectivity index (χ1v) is 6.33. The summed E-state index contributed by atoms with van der Waals surface area (Å²) in [7, 11) is 0. The van der Waals surface area contributed by atoms with Crippen molar-refractivity contribution in [3.8, 4) is 0 Å². The molecule has 1 aromatic rings. The van der Waals surface area contributed by atoms with E-state index in [0.717, 1.165) is 12.1 Å². The van der Waals surface area contributed by atoms with Gasteiger partial charge in [-0.25, -0.2) is 4.98 Å². The van der Waals surface area contributed by atoms with Crippen molar-refractivity contribution in [2.24, 2.45) is 11.7 Å². The predicted octanol–water partition coefficient (Wildman–Crippen LogP) is 1.55.